The molecule has 2 aliphatic heterocycles. The average molecular weight is 189 g/mol. The van der Waals surface area contributed by atoms with Gasteiger partial charge in [-0.15, -0.1) is 0 Å². The van der Waals surface area contributed by atoms with Gasteiger partial charge in [-0.2, -0.15) is 0 Å². The Morgan fingerprint density at radius 3 is 2.79 bits per heavy atom. The SMILES string of the molecule is O=C1CN2CC1C(c1cnccn1)C2. The fourth-order valence-corrected chi connectivity index (χ4v) is 2.48. The number of hydrogen-bond donors (Lipinski definition) is 0. The maximum Gasteiger partial charge on any atom is 0.151 e. The highest BCUT2D eigenvalue weighted by Gasteiger charge is 2.45. The van der Waals surface area contributed by atoms with Crippen LogP contribution in [0.5, 0.6) is 0 Å². The van der Waals surface area contributed by atoms with Crippen LogP contribution >= 0.6 is 0 Å². The van der Waals surface area contributed by atoms with Crippen LogP contribution in [0, 0.1) is 5.92 Å². The molecule has 0 radical (unpaired) electrons. The Balaban J connectivity index is 1.92. The van der Waals surface area contributed by atoms with Crippen LogP contribution in [0.1, 0.15) is 11.6 Å². The van der Waals surface area contributed by atoms with Gasteiger partial charge >= 0.3 is 0 Å². The first kappa shape index (κ1) is 8.05. The standard InChI is InChI=1S/C10H11N3O/c14-10-6-13-4-7(8(10)5-13)9-3-11-1-2-12-9/h1-3,7-8H,4-6H2. The van der Waals surface area contributed by atoms with E-state index in [2.05, 4.69) is 14.9 Å². The van der Waals surface area contributed by atoms with Crippen LogP contribution in [0.2, 0.25) is 0 Å². The molecule has 1 aromatic heterocycles. The first-order valence-electron chi connectivity index (χ1n) is 4.85. The zero-order valence-corrected chi connectivity index (χ0v) is 7.76. The van der Waals surface area contributed by atoms with E-state index in [4.69, 9.17) is 0 Å². The van der Waals surface area contributed by atoms with E-state index < -0.39 is 0 Å². The zero-order chi connectivity index (χ0) is 9.54. The van der Waals surface area contributed by atoms with Crippen molar-refractivity contribution < 1.29 is 4.79 Å². The fourth-order valence-electron chi connectivity index (χ4n) is 2.48. The van der Waals surface area contributed by atoms with Gasteiger partial charge in [-0.1, -0.05) is 0 Å². The molecule has 3 heterocycles. The van der Waals surface area contributed by atoms with Crippen molar-refractivity contribution in [2.45, 2.75) is 5.92 Å². The Kier molecular flexibility index (Phi) is 1.64. The van der Waals surface area contributed by atoms with E-state index in [9.17, 15) is 4.79 Å². The van der Waals surface area contributed by atoms with Crippen LogP contribution < -0.4 is 0 Å². The Bertz CT molecular complexity index is 365. The van der Waals surface area contributed by atoms with Crippen LogP contribution in [-0.4, -0.2) is 40.3 Å². The summed E-state index contributed by atoms with van der Waals surface area (Å²) < 4.78 is 0. The highest BCUT2D eigenvalue weighted by Crippen LogP contribution is 2.36. The number of carbonyl (C=O) groups excluding carboxylic acids is 1. The number of carbonyl (C=O) groups is 1. The van der Waals surface area contributed by atoms with Crippen LogP contribution in [0.25, 0.3) is 0 Å². The van der Waals surface area contributed by atoms with E-state index in [-0.39, 0.29) is 11.8 Å². The molecule has 14 heavy (non-hydrogen) atoms. The summed E-state index contributed by atoms with van der Waals surface area (Å²) in [7, 11) is 0. The molecule has 4 nitrogen and oxygen atoms in total. The Morgan fingerprint density at radius 1 is 1.29 bits per heavy atom. The van der Waals surface area contributed by atoms with Gasteiger partial charge in [-0.05, 0) is 0 Å². The third-order valence-corrected chi connectivity index (χ3v) is 3.15. The van der Waals surface area contributed by atoms with Gasteiger partial charge in [0.25, 0.3) is 0 Å². The number of aromatic nitrogens is 2. The van der Waals surface area contributed by atoms with Crippen LogP contribution in [0.15, 0.2) is 18.6 Å². The highest BCUT2D eigenvalue weighted by atomic mass is 16.1. The number of nitrogens with zero attached hydrogens (tertiary/aromatic N) is 3. The fraction of sp³-hybridized carbons (Fsp3) is 0.500. The van der Waals surface area contributed by atoms with Gasteiger partial charge < -0.3 is 0 Å². The number of rotatable bonds is 1. The van der Waals surface area contributed by atoms with Crippen molar-refractivity contribution >= 4 is 5.78 Å². The van der Waals surface area contributed by atoms with E-state index in [1.807, 2.05) is 0 Å². The van der Waals surface area contributed by atoms with E-state index in [1.54, 1.807) is 18.6 Å². The van der Waals surface area contributed by atoms with Crippen molar-refractivity contribution in [2.24, 2.45) is 5.92 Å². The summed E-state index contributed by atoms with van der Waals surface area (Å²) >= 11 is 0. The lowest BCUT2D eigenvalue weighted by Gasteiger charge is -2.19. The maximum absolute atomic E-state index is 11.5. The molecule has 0 spiro atoms. The molecule has 72 valence electrons. The second kappa shape index (κ2) is 2.85. The molecule has 4 heteroatoms. The largest absolute Gasteiger partial charge is 0.298 e. The number of ketones is 1. The number of hydrogen-bond acceptors (Lipinski definition) is 4. The van der Waals surface area contributed by atoms with Crippen LogP contribution in [0.4, 0.5) is 0 Å². The molecule has 3 rings (SSSR count). The summed E-state index contributed by atoms with van der Waals surface area (Å²) in [6.45, 7) is 2.52. The van der Waals surface area contributed by atoms with Gasteiger partial charge in [-0.3, -0.25) is 19.7 Å². The molecule has 0 saturated carbocycles. The second-order valence-corrected chi connectivity index (χ2v) is 4.00. The molecule has 3 unspecified atom stereocenters. The zero-order valence-electron chi connectivity index (χ0n) is 7.76. The number of piperidine rings is 1. The molecule has 0 N–H and O–H groups in total. The van der Waals surface area contributed by atoms with Gasteiger partial charge in [0.15, 0.2) is 5.78 Å². The predicted octanol–water partition coefficient (Wildman–Crippen LogP) is 0.0747. The number of fused-ring (bicyclic) bond motifs is 2. The maximum atomic E-state index is 11.5. The highest BCUT2D eigenvalue weighted by molar-refractivity contribution is 5.87. The Hall–Kier alpha value is -1.29. The minimum atomic E-state index is 0.173. The summed E-state index contributed by atoms with van der Waals surface area (Å²) in [6, 6.07) is 0. The minimum absolute atomic E-state index is 0.173. The molecule has 2 bridgehead atoms. The molecule has 0 amide bonds. The molecule has 2 saturated heterocycles. The van der Waals surface area contributed by atoms with E-state index in [0.717, 1.165) is 18.8 Å². The van der Waals surface area contributed by atoms with E-state index in [1.165, 1.54) is 0 Å². The summed E-state index contributed by atoms with van der Waals surface area (Å²) in [5, 5.41) is 0. The quantitative estimate of drug-likeness (QED) is 0.627. The molecule has 0 aromatic carbocycles. The van der Waals surface area contributed by atoms with Crippen molar-refractivity contribution in [3.05, 3.63) is 24.3 Å². The lowest BCUT2D eigenvalue weighted by molar-refractivity contribution is -0.121. The second-order valence-electron chi connectivity index (χ2n) is 4.00. The first-order chi connectivity index (χ1) is 6.84. The summed E-state index contributed by atoms with van der Waals surface area (Å²) in [5.41, 5.74) is 0.966. The Morgan fingerprint density at radius 2 is 2.14 bits per heavy atom. The molecule has 3 atom stereocenters. The third-order valence-electron chi connectivity index (χ3n) is 3.15. The molecular formula is C10H11N3O. The van der Waals surface area contributed by atoms with E-state index in [0.29, 0.717) is 12.3 Å². The van der Waals surface area contributed by atoms with Crippen molar-refractivity contribution in [3.63, 3.8) is 0 Å². The third kappa shape index (κ3) is 1.07. The van der Waals surface area contributed by atoms with Crippen LogP contribution in [-0.2, 0) is 4.79 Å². The summed E-state index contributed by atoms with van der Waals surface area (Å²) in [6.07, 6.45) is 5.14. The predicted molar refractivity (Wildman–Crippen MR) is 49.7 cm³/mol. The summed E-state index contributed by atoms with van der Waals surface area (Å²) in [5.74, 6) is 0.823. The molecular weight excluding hydrogens is 178 g/mol. The van der Waals surface area contributed by atoms with Gasteiger partial charge in [-0.25, -0.2) is 0 Å². The normalized spacial score (nSPS) is 35.1. The van der Waals surface area contributed by atoms with Crippen molar-refractivity contribution in [1.82, 2.24) is 14.9 Å². The van der Waals surface area contributed by atoms with Gasteiger partial charge in [0.1, 0.15) is 0 Å². The van der Waals surface area contributed by atoms with Crippen molar-refractivity contribution in [2.75, 3.05) is 19.6 Å². The average Bonchev–Trinajstić information content (AvgIpc) is 2.77. The van der Waals surface area contributed by atoms with Gasteiger partial charge in [0.2, 0.25) is 0 Å². The molecule has 0 aliphatic carbocycles. The van der Waals surface area contributed by atoms with Gasteiger partial charge in [0.05, 0.1) is 12.2 Å². The van der Waals surface area contributed by atoms with Gasteiger partial charge in [0, 0.05) is 43.5 Å². The lowest BCUT2D eigenvalue weighted by atomic mass is 9.89. The first-order valence-corrected chi connectivity index (χ1v) is 4.85. The molecule has 2 aliphatic rings. The minimum Gasteiger partial charge on any atom is -0.298 e. The van der Waals surface area contributed by atoms with Crippen LogP contribution in [0.3, 0.4) is 0 Å². The van der Waals surface area contributed by atoms with Crippen molar-refractivity contribution in [3.8, 4) is 0 Å². The monoisotopic (exact) mass is 189 g/mol. The number of Topliss-reactive ketones (excluding diaryl/α,β-unsaturated/α-hetero) is 1. The topological polar surface area (TPSA) is 46.1 Å². The molecule has 2 fully saturated rings. The summed E-state index contributed by atoms with van der Waals surface area (Å²) in [4.78, 5) is 22.0. The molecule has 1 aromatic rings. The Labute approximate surface area is 82.0 Å². The lowest BCUT2D eigenvalue weighted by Crippen LogP contribution is -2.29. The smallest absolute Gasteiger partial charge is 0.151 e. The van der Waals surface area contributed by atoms with E-state index >= 15 is 0 Å². The van der Waals surface area contributed by atoms with Crippen molar-refractivity contribution in [1.29, 1.82) is 0 Å².